The van der Waals surface area contributed by atoms with Gasteiger partial charge < -0.3 is 19.9 Å². The zero-order valence-corrected chi connectivity index (χ0v) is 44.8. The second kappa shape index (κ2) is 25.2. The number of hydrogen-bond donors (Lipinski definition) is 4. The first-order valence-electron chi connectivity index (χ1n) is 22.1. The minimum Gasteiger partial charge on any atom is -0.505 e. The second-order valence-electron chi connectivity index (χ2n) is 16.4. The van der Waals surface area contributed by atoms with Crippen LogP contribution in [0.4, 0.5) is 56.9 Å². The molecule has 0 aliphatic rings. The number of fused-ring (bicyclic) bond motifs is 2. The third kappa shape index (κ3) is 15.3. The van der Waals surface area contributed by atoms with E-state index in [4.69, 9.17) is 34.7 Å². The van der Waals surface area contributed by atoms with E-state index >= 15 is 0 Å². The predicted octanol–water partition coefficient (Wildman–Crippen LogP) is 12.8. The number of anilines is 2. The molecule has 8 aromatic rings. The first kappa shape index (κ1) is 58.2. The molecule has 0 bridgehead atoms. The van der Waals surface area contributed by atoms with Gasteiger partial charge >= 0.3 is 21.2 Å². The average Bonchev–Trinajstić information content (AvgIpc) is 3.45. The summed E-state index contributed by atoms with van der Waals surface area (Å²) in [6.45, 7) is 7.35. The molecule has 0 saturated heterocycles. The van der Waals surface area contributed by atoms with Crippen molar-refractivity contribution in [2.24, 2.45) is 40.9 Å². The minimum absolute atomic E-state index is 0.0227. The monoisotopic (exact) mass is 1140 g/mol. The molecule has 0 aromatic heterocycles. The molecule has 0 aliphatic carbocycles. The number of ether oxygens (including phenoxy) is 2. The molecule has 4 N–H and O–H groups in total. The number of nitrogens with zero attached hydrogens (tertiary/aromatic N) is 8. The number of azo groups is 4. The van der Waals surface area contributed by atoms with E-state index in [1.165, 1.54) is 25.3 Å². The maximum atomic E-state index is 12.3. The van der Waals surface area contributed by atoms with Gasteiger partial charge in [-0.25, -0.2) is 0 Å². The summed E-state index contributed by atoms with van der Waals surface area (Å²) < 4.78 is 130. The van der Waals surface area contributed by atoms with Gasteiger partial charge in [-0.15, -0.1) is 40.6 Å². The number of rotatable bonds is 14. The average molecular weight is 1140 g/mol. The molecule has 0 unspecified atom stereocenters. The molecule has 24 nitrogen and oxygen atoms in total. The number of benzene rings is 8. The molecule has 0 heterocycles. The highest BCUT2D eigenvalue weighted by Gasteiger charge is 2.21. The molecule has 28 heteroatoms. The largest absolute Gasteiger partial charge is 0.505 e. The van der Waals surface area contributed by atoms with Gasteiger partial charge in [0.2, 0.25) is 0 Å². The van der Waals surface area contributed by atoms with E-state index in [1.54, 1.807) is 38.3 Å². The van der Waals surface area contributed by atoms with Crippen molar-refractivity contribution in [1.82, 2.24) is 0 Å². The van der Waals surface area contributed by atoms with E-state index < -0.39 is 51.2 Å². The van der Waals surface area contributed by atoms with E-state index in [0.717, 1.165) is 57.4 Å². The van der Waals surface area contributed by atoms with Gasteiger partial charge in [0.1, 0.15) is 38.4 Å². The Bertz CT molecular complexity index is 4200. The summed E-state index contributed by atoms with van der Waals surface area (Å²) in [6, 6.07) is 35.1. The summed E-state index contributed by atoms with van der Waals surface area (Å²) in [5.74, 6) is 1.05. The smallest absolute Gasteiger partial charge is 0.425 e. The molecule has 402 valence electrons. The summed E-state index contributed by atoms with van der Waals surface area (Å²) in [7, 11) is -12.7. The van der Waals surface area contributed by atoms with Crippen LogP contribution in [-0.4, -0.2) is 70.5 Å². The Morgan fingerprint density at radius 1 is 0.436 bits per heavy atom. The van der Waals surface area contributed by atoms with Crippen molar-refractivity contribution in [2.45, 2.75) is 37.5 Å². The molecular weight excluding hydrogens is 1090 g/mol. The third-order valence-corrected chi connectivity index (χ3v) is 12.9. The standard InChI is InChI=1S/C50H43N9O9S2.2O3S/c1-28-20-36(52-55-42-21-30(3)43(22-29(42)2)56-54-41-18-10-33-24-35(13-17-38(33)50(41)60)51-34-11-15-37(67-5)16-12-34)14-19-40(28)53-58-45-23-31(4)44(27-47(45)68-6)57-59-46-26-39-32(25-49(46)70(64,65)66)8-7-9-48(39)69(61,62)63;2*1-4(2)3/h7-27,51,60H,1-6H3,(H,61,62,63)(H,64,65,66);;. The summed E-state index contributed by atoms with van der Waals surface area (Å²) in [6.07, 6.45) is 0. The Kier molecular flexibility index (Phi) is 18.8. The molecule has 0 fully saturated rings. The number of aryl methyl sites for hydroxylation is 4. The SMILES string of the molecule is COc1ccc(Nc2ccc3c(O)c(N=Nc4cc(C)c(N=Nc5ccc(N=Nc6cc(C)c(N=Nc7cc8c(S(=O)(=O)O)cccc8cc7S(=O)(=O)O)cc6OC)c(C)c5)cc4C)ccc3c2)cc1.O=S(=O)=O.O=S(=O)=O. The zero-order chi connectivity index (χ0) is 57.1. The summed E-state index contributed by atoms with van der Waals surface area (Å²) in [4.78, 5) is -1.10. The van der Waals surface area contributed by atoms with Crippen molar-refractivity contribution in [2.75, 3.05) is 19.5 Å². The fraction of sp³-hybridized carbons (Fsp3) is 0.120. The Hall–Kier alpha value is -9.06. The van der Waals surface area contributed by atoms with E-state index in [1.807, 2.05) is 87.5 Å². The van der Waals surface area contributed by atoms with Gasteiger partial charge in [-0.1, -0.05) is 18.2 Å². The molecule has 0 spiro atoms. The van der Waals surface area contributed by atoms with Crippen molar-refractivity contribution in [3.8, 4) is 17.2 Å². The quantitative estimate of drug-likeness (QED) is 0.0580. The molecule has 0 atom stereocenters. The van der Waals surface area contributed by atoms with E-state index in [0.29, 0.717) is 45.1 Å². The van der Waals surface area contributed by atoms with Crippen LogP contribution in [-0.2, 0) is 41.5 Å². The van der Waals surface area contributed by atoms with Crippen molar-refractivity contribution < 1.29 is 65.8 Å². The maximum Gasteiger partial charge on any atom is 0.425 e. The number of phenols is 1. The molecule has 78 heavy (non-hydrogen) atoms. The van der Waals surface area contributed by atoms with Crippen LogP contribution in [0.2, 0.25) is 0 Å². The van der Waals surface area contributed by atoms with Crippen LogP contribution in [0.1, 0.15) is 22.3 Å². The first-order chi connectivity index (χ1) is 36.8. The van der Waals surface area contributed by atoms with Crippen LogP contribution in [0.25, 0.3) is 21.5 Å². The topological polar surface area (TPSA) is 361 Å². The number of hydrogen-bond acceptors (Lipinski definition) is 22. The molecule has 0 saturated carbocycles. The van der Waals surface area contributed by atoms with Gasteiger partial charge in [-0.05, 0) is 164 Å². The van der Waals surface area contributed by atoms with Crippen LogP contribution in [0.5, 0.6) is 17.2 Å². The first-order valence-corrected chi connectivity index (χ1v) is 27.0. The highest BCUT2D eigenvalue weighted by atomic mass is 32.2. The van der Waals surface area contributed by atoms with E-state index in [9.17, 15) is 31.0 Å². The highest BCUT2D eigenvalue weighted by molar-refractivity contribution is 7.86. The minimum atomic E-state index is -4.83. The summed E-state index contributed by atoms with van der Waals surface area (Å²) >= 11 is 0. The van der Waals surface area contributed by atoms with Gasteiger partial charge in [-0.2, -0.15) is 42.4 Å². The molecule has 8 rings (SSSR count). The lowest BCUT2D eigenvalue weighted by Crippen LogP contribution is -2.01. The molecule has 0 radical (unpaired) electrons. The summed E-state index contributed by atoms with van der Waals surface area (Å²) in [5.41, 5.74) is 7.60. The summed E-state index contributed by atoms with van der Waals surface area (Å²) in [5, 5.41) is 50.9. The van der Waals surface area contributed by atoms with Crippen molar-refractivity contribution in [1.29, 1.82) is 0 Å². The lowest BCUT2D eigenvalue weighted by atomic mass is 10.1. The van der Waals surface area contributed by atoms with Gasteiger partial charge in [0, 0.05) is 28.2 Å². The van der Waals surface area contributed by atoms with Gasteiger partial charge in [0.15, 0.2) is 5.75 Å². The Balaban J connectivity index is 0.00000115. The van der Waals surface area contributed by atoms with Crippen molar-refractivity contribution in [3.63, 3.8) is 0 Å². The molecule has 0 amide bonds. The van der Waals surface area contributed by atoms with E-state index in [-0.39, 0.29) is 33.6 Å². The van der Waals surface area contributed by atoms with Crippen LogP contribution in [0, 0.1) is 27.7 Å². The number of methoxy groups -OCH3 is 2. The molecule has 8 aromatic carbocycles. The van der Waals surface area contributed by atoms with E-state index in [2.05, 4.69) is 46.2 Å². The molecular formula is C50H43N9O15S4. The third-order valence-electron chi connectivity index (χ3n) is 11.1. The van der Waals surface area contributed by atoms with Crippen molar-refractivity contribution >= 4 is 120 Å². The second-order valence-corrected chi connectivity index (χ2v) is 20.0. The van der Waals surface area contributed by atoms with Gasteiger partial charge in [0.05, 0.1) is 42.7 Å². The number of nitrogens with one attached hydrogen (secondary N) is 1. The van der Waals surface area contributed by atoms with Crippen molar-refractivity contribution in [3.05, 3.63) is 150 Å². The Morgan fingerprint density at radius 2 is 0.923 bits per heavy atom. The van der Waals surface area contributed by atoms with Gasteiger partial charge in [0.25, 0.3) is 20.2 Å². The lowest BCUT2D eigenvalue weighted by molar-refractivity contribution is 0.415. The number of aromatic hydroxyl groups is 1. The highest BCUT2D eigenvalue weighted by Crippen LogP contribution is 2.41. The predicted molar refractivity (Wildman–Crippen MR) is 286 cm³/mol. The Morgan fingerprint density at radius 3 is 1.50 bits per heavy atom. The zero-order valence-electron chi connectivity index (χ0n) is 41.6. The molecule has 0 aliphatic heterocycles. The fourth-order valence-electron chi connectivity index (χ4n) is 7.34. The fourth-order valence-corrected chi connectivity index (χ4v) is 8.68. The maximum absolute atomic E-state index is 12.3. The van der Waals surface area contributed by atoms with Crippen LogP contribution in [0.3, 0.4) is 0 Å². The van der Waals surface area contributed by atoms with Crippen LogP contribution < -0.4 is 14.8 Å². The normalized spacial score (nSPS) is 11.7. The number of phenolic OH excluding ortho intramolecular Hbond substituents is 1. The Labute approximate surface area is 448 Å². The van der Waals surface area contributed by atoms with Crippen LogP contribution >= 0.6 is 0 Å². The van der Waals surface area contributed by atoms with Crippen LogP contribution in [0.15, 0.2) is 178 Å². The lowest BCUT2D eigenvalue weighted by Gasteiger charge is -2.10. The van der Waals surface area contributed by atoms with Gasteiger partial charge in [-0.3, -0.25) is 9.11 Å².